The van der Waals surface area contributed by atoms with E-state index in [1.807, 2.05) is 0 Å². The van der Waals surface area contributed by atoms with Crippen LogP contribution in [0, 0.1) is 0 Å². The van der Waals surface area contributed by atoms with E-state index in [9.17, 15) is 16.8 Å². The summed E-state index contributed by atoms with van der Waals surface area (Å²) in [4.78, 5) is 0.500. The van der Waals surface area contributed by atoms with Gasteiger partial charge in [-0.15, -0.1) is 0 Å². The molecule has 0 amide bonds. The van der Waals surface area contributed by atoms with Crippen molar-refractivity contribution in [1.29, 1.82) is 0 Å². The quantitative estimate of drug-likeness (QED) is 0.498. The lowest BCUT2D eigenvalue weighted by Gasteiger charge is -2.13. The van der Waals surface area contributed by atoms with Crippen LogP contribution in [-0.4, -0.2) is 16.8 Å². The van der Waals surface area contributed by atoms with E-state index in [2.05, 4.69) is 0 Å². The van der Waals surface area contributed by atoms with E-state index >= 15 is 0 Å². The zero-order valence-corrected chi connectivity index (χ0v) is 16.3. The van der Waals surface area contributed by atoms with Crippen LogP contribution in [0.25, 0.3) is 10.8 Å². The molecule has 4 rings (SSSR count). The Morgan fingerprint density at radius 2 is 0.714 bits per heavy atom. The van der Waals surface area contributed by atoms with Gasteiger partial charge in [-0.25, -0.2) is 16.8 Å². The van der Waals surface area contributed by atoms with Gasteiger partial charge in [-0.05, 0) is 36.4 Å². The first-order chi connectivity index (χ1) is 13.4. The summed E-state index contributed by atoms with van der Waals surface area (Å²) in [6, 6.07) is 25.6. The Hall–Kier alpha value is -2.96. The van der Waals surface area contributed by atoms with Gasteiger partial charge < -0.3 is 0 Å². The SMILES string of the molecule is O=S(=O)(c1ccccc1)c1ccc(S(=O)(=O)c2ccccc2)c2ccccc12. The van der Waals surface area contributed by atoms with Crippen molar-refractivity contribution in [3.05, 3.63) is 97.1 Å². The molecule has 0 fully saturated rings. The second-order valence-electron chi connectivity index (χ2n) is 6.24. The lowest BCUT2D eigenvalue weighted by atomic mass is 10.1. The molecule has 0 saturated heterocycles. The molecule has 0 atom stereocenters. The fourth-order valence-corrected chi connectivity index (χ4v) is 6.13. The molecule has 0 saturated carbocycles. The van der Waals surface area contributed by atoms with E-state index < -0.39 is 19.7 Å². The highest BCUT2D eigenvalue weighted by molar-refractivity contribution is 7.92. The molecule has 0 heterocycles. The number of fused-ring (bicyclic) bond motifs is 1. The maximum Gasteiger partial charge on any atom is 0.207 e. The first-order valence-electron chi connectivity index (χ1n) is 8.54. The largest absolute Gasteiger partial charge is 0.218 e. The number of hydrogen-bond donors (Lipinski definition) is 0. The van der Waals surface area contributed by atoms with Crippen molar-refractivity contribution in [2.75, 3.05) is 0 Å². The summed E-state index contributed by atoms with van der Waals surface area (Å²) in [5.74, 6) is 0. The molecule has 0 N–H and O–H groups in total. The fraction of sp³-hybridized carbons (Fsp3) is 0. The van der Waals surface area contributed by atoms with Crippen molar-refractivity contribution in [3.63, 3.8) is 0 Å². The topological polar surface area (TPSA) is 68.3 Å². The molecule has 4 aromatic rings. The number of benzene rings is 4. The first-order valence-corrected chi connectivity index (χ1v) is 11.5. The van der Waals surface area contributed by atoms with E-state index in [4.69, 9.17) is 0 Å². The third kappa shape index (κ3) is 3.00. The number of sulfone groups is 2. The lowest BCUT2D eigenvalue weighted by molar-refractivity contribution is 0.593. The van der Waals surface area contributed by atoms with Gasteiger partial charge in [0.25, 0.3) is 0 Å². The van der Waals surface area contributed by atoms with Crippen LogP contribution in [0.5, 0.6) is 0 Å². The van der Waals surface area contributed by atoms with Gasteiger partial charge in [0.1, 0.15) is 0 Å². The molecule has 0 aliphatic rings. The Bertz CT molecular complexity index is 1250. The van der Waals surface area contributed by atoms with Crippen molar-refractivity contribution in [3.8, 4) is 0 Å². The zero-order chi connectivity index (χ0) is 19.8. The molecule has 0 aromatic heterocycles. The second-order valence-corrected chi connectivity index (χ2v) is 10.1. The molecule has 4 aromatic carbocycles. The molecule has 4 nitrogen and oxygen atoms in total. The molecule has 28 heavy (non-hydrogen) atoms. The highest BCUT2D eigenvalue weighted by atomic mass is 32.2. The van der Waals surface area contributed by atoms with Gasteiger partial charge in [-0.1, -0.05) is 60.7 Å². The monoisotopic (exact) mass is 408 g/mol. The summed E-state index contributed by atoms with van der Waals surface area (Å²) in [5, 5.41) is 0.756. The van der Waals surface area contributed by atoms with Crippen LogP contribution in [0.2, 0.25) is 0 Å². The lowest BCUT2D eigenvalue weighted by Crippen LogP contribution is -2.06. The minimum Gasteiger partial charge on any atom is -0.218 e. The Morgan fingerprint density at radius 1 is 0.393 bits per heavy atom. The molecular weight excluding hydrogens is 392 g/mol. The summed E-state index contributed by atoms with van der Waals surface area (Å²) < 4.78 is 52.5. The minimum atomic E-state index is -3.79. The van der Waals surface area contributed by atoms with Crippen LogP contribution in [0.1, 0.15) is 0 Å². The van der Waals surface area contributed by atoms with Gasteiger partial charge in [0.2, 0.25) is 19.7 Å². The molecule has 140 valence electrons. The maximum absolute atomic E-state index is 13.1. The van der Waals surface area contributed by atoms with Crippen molar-refractivity contribution in [2.45, 2.75) is 19.6 Å². The molecule has 0 spiro atoms. The normalized spacial score (nSPS) is 12.1. The summed E-state index contributed by atoms with van der Waals surface area (Å²) in [5.41, 5.74) is 0. The van der Waals surface area contributed by atoms with E-state index in [1.165, 1.54) is 36.4 Å². The van der Waals surface area contributed by atoms with Crippen LogP contribution in [0.3, 0.4) is 0 Å². The van der Waals surface area contributed by atoms with Gasteiger partial charge >= 0.3 is 0 Å². The van der Waals surface area contributed by atoms with E-state index in [1.54, 1.807) is 60.7 Å². The maximum atomic E-state index is 13.1. The summed E-state index contributed by atoms with van der Waals surface area (Å²) >= 11 is 0. The highest BCUT2D eigenvalue weighted by Crippen LogP contribution is 2.34. The average molecular weight is 409 g/mol. The van der Waals surface area contributed by atoms with Gasteiger partial charge in [-0.3, -0.25) is 0 Å². The molecule has 0 radical (unpaired) electrons. The van der Waals surface area contributed by atoms with Gasteiger partial charge in [-0.2, -0.15) is 0 Å². The predicted molar refractivity (Wildman–Crippen MR) is 108 cm³/mol. The first kappa shape index (κ1) is 18.4. The Morgan fingerprint density at radius 3 is 1.07 bits per heavy atom. The third-order valence-electron chi connectivity index (χ3n) is 4.53. The molecule has 0 aliphatic carbocycles. The predicted octanol–water partition coefficient (Wildman–Crippen LogP) is 4.51. The van der Waals surface area contributed by atoms with Crippen molar-refractivity contribution >= 4 is 30.4 Å². The van der Waals surface area contributed by atoms with Crippen LogP contribution in [0.4, 0.5) is 0 Å². The van der Waals surface area contributed by atoms with E-state index in [0.717, 1.165) is 0 Å². The summed E-state index contributed by atoms with van der Waals surface area (Å²) in [6.45, 7) is 0. The van der Waals surface area contributed by atoms with Crippen molar-refractivity contribution in [2.24, 2.45) is 0 Å². The average Bonchev–Trinajstić information content (AvgIpc) is 2.74. The van der Waals surface area contributed by atoms with Gasteiger partial charge in [0, 0.05) is 10.8 Å². The molecule has 0 aliphatic heterocycles. The molecular formula is C22H16O4S2. The Kier molecular flexibility index (Phi) is 4.53. The molecule has 6 heteroatoms. The van der Waals surface area contributed by atoms with Gasteiger partial charge in [0.05, 0.1) is 19.6 Å². The fourth-order valence-electron chi connectivity index (χ4n) is 3.17. The Labute approximate surface area is 163 Å². The third-order valence-corrected chi connectivity index (χ3v) is 8.19. The van der Waals surface area contributed by atoms with Crippen molar-refractivity contribution in [1.82, 2.24) is 0 Å². The number of rotatable bonds is 4. The highest BCUT2D eigenvalue weighted by Gasteiger charge is 2.25. The smallest absolute Gasteiger partial charge is 0.207 e. The zero-order valence-electron chi connectivity index (χ0n) is 14.7. The number of hydrogen-bond acceptors (Lipinski definition) is 4. The Balaban J connectivity index is 2.00. The molecule has 0 unspecified atom stereocenters. The minimum absolute atomic E-state index is 0.0845. The van der Waals surface area contributed by atoms with Crippen LogP contribution < -0.4 is 0 Å². The molecule has 0 bridgehead atoms. The summed E-state index contributed by atoms with van der Waals surface area (Å²) in [7, 11) is -7.57. The van der Waals surface area contributed by atoms with Crippen LogP contribution >= 0.6 is 0 Å². The van der Waals surface area contributed by atoms with E-state index in [-0.39, 0.29) is 19.6 Å². The summed E-state index contributed by atoms with van der Waals surface area (Å²) in [6.07, 6.45) is 0. The van der Waals surface area contributed by atoms with Crippen molar-refractivity contribution < 1.29 is 16.8 Å². The standard InChI is InChI=1S/C22H16O4S2/c23-27(24,17-9-3-1-4-10-17)21-15-16-22(20-14-8-7-13-19(20)21)28(25,26)18-11-5-2-6-12-18/h1-16H. The van der Waals surface area contributed by atoms with Crippen LogP contribution in [0.15, 0.2) is 117 Å². The van der Waals surface area contributed by atoms with Crippen LogP contribution in [-0.2, 0) is 19.7 Å². The van der Waals surface area contributed by atoms with Gasteiger partial charge in [0.15, 0.2) is 0 Å². The van der Waals surface area contributed by atoms with E-state index in [0.29, 0.717) is 10.8 Å². The second kappa shape index (κ2) is 6.89.